The molecule has 0 atom stereocenters. The van der Waals surface area contributed by atoms with Gasteiger partial charge in [0.1, 0.15) is 0 Å². The van der Waals surface area contributed by atoms with Gasteiger partial charge in [-0.15, -0.1) is 0 Å². The van der Waals surface area contributed by atoms with Crippen LogP contribution in [0.2, 0.25) is 0 Å². The molecule has 0 fully saturated rings. The Morgan fingerprint density at radius 2 is 1.71 bits per heavy atom. The lowest BCUT2D eigenvalue weighted by Crippen LogP contribution is -2.12. The van der Waals surface area contributed by atoms with Crippen LogP contribution >= 0.6 is 0 Å². The van der Waals surface area contributed by atoms with Gasteiger partial charge in [-0.3, -0.25) is 0 Å². The van der Waals surface area contributed by atoms with Crippen LogP contribution in [0.3, 0.4) is 0 Å². The van der Waals surface area contributed by atoms with Gasteiger partial charge in [0.15, 0.2) is 0 Å². The van der Waals surface area contributed by atoms with E-state index in [1.807, 2.05) is 0 Å². The van der Waals surface area contributed by atoms with Crippen molar-refractivity contribution in [1.82, 2.24) is 4.57 Å². The Morgan fingerprint density at radius 3 is 2.21 bits per heavy atom. The highest BCUT2D eigenvalue weighted by atomic mass is 15.0. The van der Waals surface area contributed by atoms with Crippen LogP contribution in [0.5, 0.6) is 0 Å². The first-order valence-corrected chi connectivity index (χ1v) is 5.57. The van der Waals surface area contributed by atoms with Gasteiger partial charge >= 0.3 is 0 Å². The lowest BCUT2D eigenvalue weighted by atomic mass is 9.90. The Kier molecular flexibility index (Phi) is 3.41. The van der Waals surface area contributed by atoms with Crippen molar-refractivity contribution >= 4 is 0 Å². The summed E-state index contributed by atoms with van der Waals surface area (Å²) in [7, 11) is 2.19. The summed E-state index contributed by atoms with van der Waals surface area (Å²) in [5.41, 5.74) is 3.31. The second-order valence-electron chi connectivity index (χ2n) is 5.36. The maximum atomic E-state index is 2.36. The summed E-state index contributed by atoms with van der Waals surface area (Å²) in [4.78, 5) is 0. The number of nitrogens with zero attached hydrogens (tertiary/aromatic N) is 1. The second kappa shape index (κ2) is 4.20. The standard InChI is InChI=1S/C13H23N/c1-6-7-11-8-9-12(14(11)5)10-13(2,3)4/h8-9H,6-7,10H2,1-5H3. The molecule has 1 rings (SSSR count). The molecule has 1 nitrogen and oxygen atoms in total. The van der Waals surface area contributed by atoms with Gasteiger partial charge in [0, 0.05) is 18.4 Å². The first-order valence-electron chi connectivity index (χ1n) is 5.57. The number of hydrogen-bond donors (Lipinski definition) is 0. The highest BCUT2D eigenvalue weighted by molar-refractivity contribution is 5.17. The van der Waals surface area contributed by atoms with E-state index in [4.69, 9.17) is 0 Å². The maximum absolute atomic E-state index is 2.36. The fraction of sp³-hybridized carbons (Fsp3) is 0.692. The van der Waals surface area contributed by atoms with Crippen molar-refractivity contribution in [1.29, 1.82) is 0 Å². The Bertz CT molecular complexity index is 289. The third-order valence-electron chi connectivity index (χ3n) is 2.55. The van der Waals surface area contributed by atoms with E-state index in [9.17, 15) is 0 Å². The number of rotatable bonds is 3. The quantitative estimate of drug-likeness (QED) is 0.691. The Labute approximate surface area is 88.1 Å². The predicted molar refractivity (Wildman–Crippen MR) is 62.6 cm³/mol. The minimum Gasteiger partial charge on any atom is -0.352 e. The Balaban J connectivity index is 2.79. The van der Waals surface area contributed by atoms with E-state index in [1.165, 1.54) is 24.2 Å². The molecule has 1 aromatic rings. The van der Waals surface area contributed by atoms with Crippen molar-refractivity contribution in [3.63, 3.8) is 0 Å². The lowest BCUT2D eigenvalue weighted by Gasteiger charge is -2.19. The van der Waals surface area contributed by atoms with Crippen LogP contribution in [0.4, 0.5) is 0 Å². The molecule has 0 aliphatic carbocycles. The van der Waals surface area contributed by atoms with Gasteiger partial charge in [-0.1, -0.05) is 34.1 Å². The average Bonchev–Trinajstić information content (AvgIpc) is 2.34. The second-order valence-corrected chi connectivity index (χ2v) is 5.36. The van der Waals surface area contributed by atoms with Crippen molar-refractivity contribution in [2.24, 2.45) is 12.5 Å². The van der Waals surface area contributed by atoms with Gasteiger partial charge in [0.05, 0.1) is 0 Å². The molecule has 0 N–H and O–H groups in total. The van der Waals surface area contributed by atoms with E-state index in [1.54, 1.807) is 0 Å². The lowest BCUT2D eigenvalue weighted by molar-refractivity contribution is 0.400. The van der Waals surface area contributed by atoms with Crippen molar-refractivity contribution in [2.75, 3.05) is 0 Å². The molecule has 0 radical (unpaired) electrons. The molecule has 0 unspecified atom stereocenters. The zero-order valence-electron chi connectivity index (χ0n) is 10.2. The Hall–Kier alpha value is -0.720. The largest absolute Gasteiger partial charge is 0.352 e. The number of aromatic nitrogens is 1. The van der Waals surface area contributed by atoms with Crippen LogP contribution in [-0.4, -0.2) is 4.57 Å². The first kappa shape index (κ1) is 11.4. The maximum Gasteiger partial charge on any atom is 0.0179 e. The molecule has 0 bridgehead atoms. The molecule has 1 heteroatoms. The molecule has 14 heavy (non-hydrogen) atoms. The summed E-state index contributed by atoms with van der Waals surface area (Å²) in [6.07, 6.45) is 3.58. The minimum atomic E-state index is 0.385. The first-order chi connectivity index (χ1) is 6.44. The predicted octanol–water partition coefficient (Wildman–Crippen LogP) is 3.57. The molecule has 0 aliphatic rings. The van der Waals surface area contributed by atoms with Crippen LogP contribution in [0.25, 0.3) is 0 Å². The zero-order valence-corrected chi connectivity index (χ0v) is 10.2. The molecule has 80 valence electrons. The van der Waals surface area contributed by atoms with E-state index >= 15 is 0 Å². The van der Waals surface area contributed by atoms with Gasteiger partial charge in [-0.05, 0) is 30.4 Å². The highest BCUT2D eigenvalue weighted by Gasteiger charge is 2.14. The molecule has 0 spiro atoms. The minimum absolute atomic E-state index is 0.385. The van der Waals surface area contributed by atoms with E-state index in [2.05, 4.69) is 51.4 Å². The van der Waals surface area contributed by atoms with E-state index < -0.39 is 0 Å². The summed E-state index contributed by atoms with van der Waals surface area (Å²) in [5.74, 6) is 0. The van der Waals surface area contributed by atoms with E-state index in [0.29, 0.717) is 5.41 Å². The number of aryl methyl sites for hydroxylation is 1. The molecule has 0 aliphatic heterocycles. The highest BCUT2D eigenvalue weighted by Crippen LogP contribution is 2.22. The van der Waals surface area contributed by atoms with Gasteiger partial charge in [0.25, 0.3) is 0 Å². The van der Waals surface area contributed by atoms with E-state index in [0.717, 1.165) is 6.42 Å². The smallest absolute Gasteiger partial charge is 0.0179 e. The van der Waals surface area contributed by atoms with Crippen molar-refractivity contribution < 1.29 is 0 Å². The van der Waals surface area contributed by atoms with Crippen LogP contribution in [0, 0.1) is 5.41 Å². The van der Waals surface area contributed by atoms with Crippen LogP contribution in [-0.2, 0) is 19.9 Å². The molecule has 1 heterocycles. The fourth-order valence-electron chi connectivity index (χ4n) is 1.83. The van der Waals surface area contributed by atoms with Crippen LogP contribution in [0.1, 0.15) is 45.5 Å². The summed E-state index contributed by atoms with van der Waals surface area (Å²) in [6.45, 7) is 9.11. The zero-order chi connectivity index (χ0) is 10.8. The average molecular weight is 193 g/mol. The molecule has 0 aromatic carbocycles. The number of hydrogen-bond acceptors (Lipinski definition) is 0. The van der Waals surface area contributed by atoms with Gasteiger partial charge < -0.3 is 4.57 Å². The summed E-state index contributed by atoms with van der Waals surface area (Å²) in [5, 5.41) is 0. The van der Waals surface area contributed by atoms with Crippen LogP contribution < -0.4 is 0 Å². The summed E-state index contributed by atoms with van der Waals surface area (Å²) in [6, 6.07) is 4.54. The van der Waals surface area contributed by atoms with Crippen molar-refractivity contribution in [2.45, 2.75) is 47.0 Å². The fourth-order valence-corrected chi connectivity index (χ4v) is 1.83. The molecule has 0 saturated heterocycles. The third-order valence-corrected chi connectivity index (χ3v) is 2.55. The monoisotopic (exact) mass is 193 g/mol. The summed E-state index contributed by atoms with van der Waals surface area (Å²) < 4.78 is 2.36. The van der Waals surface area contributed by atoms with Gasteiger partial charge in [0.2, 0.25) is 0 Å². The molecular formula is C13H23N. The van der Waals surface area contributed by atoms with Crippen molar-refractivity contribution in [3.05, 3.63) is 23.5 Å². The molecule has 0 amide bonds. The van der Waals surface area contributed by atoms with E-state index in [-0.39, 0.29) is 0 Å². The normalized spacial score (nSPS) is 12.1. The third kappa shape index (κ3) is 2.90. The van der Waals surface area contributed by atoms with Crippen molar-refractivity contribution in [3.8, 4) is 0 Å². The molecule has 0 saturated carbocycles. The Morgan fingerprint density at radius 1 is 1.14 bits per heavy atom. The van der Waals surface area contributed by atoms with Gasteiger partial charge in [-0.25, -0.2) is 0 Å². The topological polar surface area (TPSA) is 4.93 Å². The molecular weight excluding hydrogens is 170 g/mol. The summed E-state index contributed by atoms with van der Waals surface area (Å²) >= 11 is 0. The SMILES string of the molecule is CCCc1ccc(CC(C)(C)C)n1C. The van der Waals surface area contributed by atoms with Crippen LogP contribution in [0.15, 0.2) is 12.1 Å². The van der Waals surface area contributed by atoms with Gasteiger partial charge in [-0.2, -0.15) is 0 Å². The molecule has 1 aromatic heterocycles.